The zero-order chi connectivity index (χ0) is 20.2. The van der Waals surface area contributed by atoms with Gasteiger partial charge in [-0.1, -0.05) is 24.3 Å². The molecule has 1 unspecified atom stereocenters. The first-order valence-corrected chi connectivity index (χ1v) is 10.7. The highest BCUT2D eigenvalue weighted by molar-refractivity contribution is 7.18. The molecular weight excluding hydrogens is 386 g/mol. The number of aliphatic hydroxyl groups excluding tert-OH is 1. The van der Waals surface area contributed by atoms with Crippen molar-refractivity contribution < 1.29 is 9.84 Å². The van der Waals surface area contributed by atoms with Crippen molar-refractivity contribution in [3.05, 3.63) is 69.6 Å². The molecule has 0 saturated carbocycles. The van der Waals surface area contributed by atoms with Crippen LogP contribution in [0, 0.1) is 0 Å². The summed E-state index contributed by atoms with van der Waals surface area (Å²) in [7, 11) is 0. The monoisotopic (exact) mass is 411 g/mol. The van der Waals surface area contributed by atoms with Crippen LogP contribution in [0.5, 0.6) is 5.75 Å². The summed E-state index contributed by atoms with van der Waals surface area (Å²) in [6.45, 7) is 5.39. The van der Waals surface area contributed by atoms with E-state index in [1.165, 1.54) is 10.4 Å². The number of aromatic nitrogens is 2. The average molecular weight is 412 g/mol. The molecule has 0 bridgehead atoms. The Morgan fingerprint density at radius 1 is 1.34 bits per heavy atom. The summed E-state index contributed by atoms with van der Waals surface area (Å²) in [5, 5.41) is 11.2. The summed E-state index contributed by atoms with van der Waals surface area (Å²) in [6.07, 6.45) is 4.24. The van der Waals surface area contributed by atoms with Gasteiger partial charge in [-0.3, -0.25) is 9.69 Å². The topological polar surface area (TPSA) is 78.5 Å². The number of para-hydroxylation sites is 1. The maximum Gasteiger partial charge on any atom is 0.259 e. The largest absolute Gasteiger partial charge is 0.491 e. The summed E-state index contributed by atoms with van der Waals surface area (Å²) >= 11 is 1.64. The Labute approximate surface area is 173 Å². The van der Waals surface area contributed by atoms with Crippen LogP contribution in [0.25, 0.3) is 10.2 Å². The molecule has 1 aromatic carbocycles. The lowest BCUT2D eigenvalue weighted by molar-refractivity contribution is 0.0689. The zero-order valence-corrected chi connectivity index (χ0v) is 17.1. The Balaban J connectivity index is 1.43. The van der Waals surface area contributed by atoms with Gasteiger partial charge >= 0.3 is 0 Å². The molecular formula is C22H25N3O3S. The molecule has 3 aromatic rings. The third-order valence-electron chi connectivity index (χ3n) is 5.04. The van der Waals surface area contributed by atoms with Gasteiger partial charge in [0.25, 0.3) is 5.56 Å². The van der Waals surface area contributed by atoms with E-state index in [2.05, 4.69) is 11.6 Å². The number of aromatic amines is 1. The summed E-state index contributed by atoms with van der Waals surface area (Å²) in [4.78, 5) is 24.4. The summed E-state index contributed by atoms with van der Waals surface area (Å²) in [5.41, 5.74) is 1.12. The molecule has 0 amide bonds. The van der Waals surface area contributed by atoms with Gasteiger partial charge in [-0.2, -0.15) is 0 Å². The van der Waals surface area contributed by atoms with Crippen molar-refractivity contribution in [1.82, 2.24) is 14.9 Å². The molecule has 1 aliphatic carbocycles. The average Bonchev–Trinajstić information content (AvgIpc) is 3.28. The Hall–Kier alpha value is -2.48. The van der Waals surface area contributed by atoms with Crippen LogP contribution in [0.3, 0.4) is 0 Å². The minimum absolute atomic E-state index is 0.0593. The number of nitrogens with one attached hydrogen (secondary N) is 1. The summed E-state index contributed by atoms with van der Waals surface area (Å²) < 4.78 is 5.63. The van der Waals surface area contributed by atoms with Gasteiger partial charge in [0.1, 0.15) is 29.1 Å². The van der Waals surface area contributed by atoms with Crippen molar-refractivity contribution in [3.63, 3.8) is 0 Å². The molecule has 0 saturated heterocycles. The van der Waals surface area contributed by atoms with Crippen LogP contribution in [-0.2, 0) is 19.4 Å². The van der Waals surface area contributed by atoms with Gasteiger partial charge < -0.3 is 14.8 Å². The summed E-state index contributed by atoms with van der Waals surface area (Å²) in [5.74, 6) is 1.34. The van der Waals surface area contributed by atoms with Crippen LogP contribution in [0.15, 0.2) is 47.8 Å². The lowest BCUT2D eigenvalue weighted by Gasteiger charge is -2.23. The number of hydrogen-bond acceptors (Lipinski definition) is 6. The molecule has 7 heteroatoms. The fourth-order valence-corrected chi connectivity index (χ4v) is 5.06. The van der Waals surface area contributed by atoms with Gasteiger partial charge in [0.05, 0.1) is 11.9 Å². The van der Waals surface area contributed by atoms with Gasteiger partial charge in [-0.15, -0.1) is 17.9 Å². The predicted molar refractivity (Wildman–Crippen MR) is 116 cm³/mol. The van der Waals surface area contributed by atoms with Crippen LogP contribution in [0.1, 0.15) is 22.7 Å². The van der Waals surface area contributed by atoms with E-state index in [0.29, 0.717) is 25.5 Å². The van der Waals surface area contributed by atoms with Crippen molar-refractivity contribution in [3.8, 4) is 5.75 Å². The molecule has 152 valence electrons. The SMILES string of the molecule is C=CCN(Cc1nc2sc3c(c2c(=O)[nH]1)CCC3)CC(O)COc1ccccc1. The van der Waals surface area contributed by atoms with Gasteiger partial charge in [0.2, 0.25) is 0 Å². The van der Waals surface area contributed by atoms with Crippen LogP contribution >= 0.6 is 11.3 Å². The van der Waals surface area contributed by atoms with E-state index in [1.54, 1.807) is 17.4 Å². The lowest BCUT2D eigenvalue weighted by atomic mass is 10.2. The van der Waals surface area contributed by atoms with E-state index in [1.807, 2.05) is 35.2 Å². The number of fused-ring (bicyclic) bond motifs is 3. The molecule has 1 aliphatic rings. The maximum absolute atomic E-state index is 12.6. The smallest absolute Gasteiger partial charge is 0.259 e. The molecule has 0 spiro atoms. The highest BCUT2D eigenvalue weighted by Gasteiger charge is 2.21. The van der Waals surface area contributed by atoms with Crippen molar-refractivity contribution in [2.24, 2.45) is 0 Å². The first kappa shape index (κ1) is 19.8. The number of nitrogens with zero attached hydrogens (tertiary/aromatic N) is 2. The van der Waals surface area contributed by atoms with E-state index in [9.17, 15) is 9.90 Å². The van der Waals surface area contributed by atoms with Crippen LogP contribution < -0.4 is 10.3 Å². The van der Waals surface area contributed by atoms with E-state index in [0.717, 1.165) is 35.2 Å². The van der Waals surface area contributed by atoms with Crippen molar-refractivity contribution in [2.45, 2.75) is 31.9 Å². The highest BCUT2D eigenvalue weighted by Crippen LogP contribution is 2.34. The number of hydrogen-bond donors (Lipinski definition) is 2. The van der Waals surface area contributed by atoms with Crippen molar-refractivity contribution >= 4 is 21.6 Å². The Morgan fingerprint density at radius 2 is 2.17 bits per heavy atom. The van der Waals surface area contributed by atoms with Gasteiger partial charge in [0.15, 0.2) is 0 Å². The molecule has 1 atom stereocenters. The van der Waals surface area contributed by atoms with Crippen LogP contribution in [0.2, 0.25) is 0 Å². The second-order valence-electron chi connectivity index (χ2n) is 7.31. The first-order valence-electron chi connectivity index (χ1n) is 9.86. The molecule has 4 rings (SSSR count). The number of H-pyrrole nitrogens is 1. The minimum atomic E-state index is -0.670. The molecule has 2 N–H and O–H groups in total. The fraction of sp³-hybridized carbons (Fsp3) is 0.364. The maximum atomic E-state index is 12.6. The first-order chi connectivity index (χ1) is 14.1. The zero-order valence-electron chi connectivity index (χ0n) is 16.3. The third kappa shape index (κ3) is 4.58. The number of benzene rings is 1. The number of thiophene rings is 1. The predicted octanol–water partition coefficient (Wildman–Crippen LogP) is 2.90. The third-order valence-corrected chi connectivity index (χ3v) is 6.23. The van der Waals surface area contributed by atoms with E-state index < -0.39 is 6.10 Å². The number of aryl methyl sites for hydroxylation is 2. The van der Waals surface area contributed by atoms with E-state index in [-0.39, 0.29) is 12.2 Å². The van der Waals surface area contributed by atoms with Crippen LogP contribution in [0.4, 0.5) is 0 Å². The number of rotatable bonds is 9. The molecule has 6 nitrogen and oxygen atoms in total. The van der Waals surface area contributed by atoms with E-state index >= 15 is 0 Å². The van der Waals surface area contributed by atoms with Gasteiger partial charge in [-0.05, 0) is 37.0 Å². The Bertz CT molecular complexity index is 1040. The Morgan fingerprint density at radius 3 is 2.97 bits per heavy atom. The lowest BCUT2D eigenvalue weighted by Crippen LogP contribution is -2.36. The van der Waals surface area contributed by atoms with Crippen molar-refractivity contribution in [1.29, 1.82) is 0 Å². The summed E-state index contributed by atoms with van der Waals surface area (Å²) in [6, 6.07) is 9.42. The Kier molecular flexibility index (Phi) is 6.08. The van der Waals surface area contributed by atoms with Crippen molar-refractivity contribution in [2.75, 3.05) is 19.7 Å². The molecule has 29 heavy (non-hydrogen) atoms. The fourth-order valence-electron chi connectivity index (χ4n) is 3.78. The highest BCUT2D eigenvalue weighted by atomic mass is 32.1. The molecule has 0 fully saturated rings. The number of aliphatic hydroxyl groups is 1. The van der Waals surface area contributed by atoms with Gasteiger partial charge in [-0.25, -0.2) is 4.98 Å². The molecule has 2 heterocycles. The number of ether oxygens (including phenoxy) is 1. The normalized spacial score (nSPS) is 14.3. The second kappa shape index (κ2) is 8.90. The molecule has 2 aromatic heterocycles. The van der Waals surface area contributed by atoms with E-state index in [4.69, 9.17) is 9.72 Å². The standard InChI is InChI=1S/C22H25N3O3S/c1-2-11-25(12-15(26)14-28-16-7-4-3-5-8-16)13-19-23-21(27)20-17-9-6-10-18(17)29-22(20)24-19/h2-5,7-8,15,26H,1,6,9-14H2,(H,23,24,27). The minimum Gasteiger partial charge on any atom is -0.491 e. The quantitative estimate of drug-likeness (QED) is 0.530. The molecule has 0 aliphatic heterocycles. The van der Waals surface area contributed by atoms with Crippen LogP contribution in [-0.4, -0.2) is 45.8 Å². The van der Waals surface area contributed by atoms with Gasteiger partial charge in [0, 0.05) is 18.0 Å². The second-order valence-corrected chi connectivity index (χ2v) is 8.39. The molecule has 0 radical (unpaired) electrons.